The minimum atomic E-state index is 0.789. The van der Waals surface area contributed by atoms with Gasteiger partial charge in [0.25, 0.3) is 0 Å². The van der Waals surface area contributed by atoms with Crippen LogP contribution in [0.1, 0.15) is 5.56 Å². The Hall–Kier alpha value is -3.01. The Morgan fingerprint density at radius 2 is 1.83 bits per heavy atom. The molecule has 0 spiro atoms. The molecule has 120 valence electrons. The van der Waals surface area contributed by atoms with Gasteiger partial charge in [-0.1, -0.05) is 30.3 Å². The van der Waals surface area contributed by atoms with Gasteiger partial charge in [0.05, 0.1) is 11.7 Å². The summed E-state index contributed by atoms with van der Waals surface area (Å²) in [5.41, 5.74) is 4.70. The third kappa shape index (κ3) is 2.56. The number of benzene rings is 3. The predicted molar refractivity (Wildman–Crippen MR) is 102 cm³/mol. The van der Waals surface area contributed by atoms with Crippen LogP contribution < -0.4 is 10.2 Å². The van der Waals surface area contributed by atoms with Gasteiger partial charge in [0, 0.05) is 42.8 Å². The topological polar surface area (TPSA) is 44.0 Å². The van der Waals surface area contributed by atoms with Crippen LogP contribution in [-0.2, 0) is 6.54 Å². The van der Waals surface area contributed by atoms with Crippen molar-refractivity contribution in [3.63, 3.8) is 0 Å². The summed E-state index contributed by atoms with van der Waals surface area (Å²) in [5, 5.41) is 14.3. The minimum absolute atomic E-state index is 0.789. The third-order valence-electron chi connectivity index (χ3n) is 4.40. The second kappa shape index (κ2) is 5.89. The van der Waals surface area contributed by atoms with Crippen LogP contribution >= 0.6 is 0 Å². The molecule has 0 atom stereocenters. The second-order valence-electron chi connectivity index (χ2n) is 6.21. The number of nitrogens with one attached hydrogen (secondary N) is 2. The van der Waals surface area contributed by atoms with Crippen molar-refractivity contribution in [2.24, 2.45) is 0 Å². The van der Waals surface area contributed by atoms with Crippen molar-refractivity contribution in [3.8, 4) is 0 Å². The number of nitrogens with zero attached hydrogens (tertiary/aromatic N) is 2. The largest absolute Gasteiger partial charge is 0.381 e. The maximum absolute atomic E-state index is 4.07. The van der Waals surface area contributed by atoms with Gasteiger partial charge in [0.2, 0.25) is 0 Å². The fourth-order valence-electron chi connectivity index (χ4n) is 3.14. The highest BCUT2D eigenvalue weighted by Crippen LogP contribution is 2.29. The number of aromatic amines is 1. The van der Waals surface area contributed by atoms with Gasteiger partial charge in [-0.2, -0.15) is 5.10 Å². The van der Waals surface area contributed by atoms with E-state index in [1.165, 1.54) is 22.0 Å². The summed E-state index contributed by atoms with van der Waals surface area (Å²) in [6.07, 6.45) is 1.85. The first kappa shape index (κ1) is 14.6. The highest BCUT2D eigenvalue weighted by molar-refractivity contribution is 5.96. The van der Waals surface area contributed by atoms with Gasteiger partial charge in [0.15, 0.2) is 0 Å². The van der Waals surface area contributed by atoms with Gasteiger partial charge >= 0.3 is 0 Å². The molecule has 3 aromatic carbocycles. The van der Waals surface area contributed by atoms with Crippen LogP contribution in [0.5, 0.6) is 0 Å². The molecule has 0 fully saturated rings. The zero-order valence-electron chi connectivity index (χ0n) is 13.9. The highest BCUT2D eigenvalue weighted by atomic mass is 15.1. The smallest absolute Gasteiger partial charge is 0.0651 e. The number of fused-ring (bicyclic) bond motifs is 2. The Balaban J connectivity index is 1.65. The number of anilines is 2. The summed E-state index contributed by atoms with van der Waals surface area (Å²) in [4.78, 5) is 2.16. The molecule has 0 radical (unpaired) electrons. The van der Waals surface area contributed by atoms with Crippen LogP contribution in [0, 0.1) is 0 Å². The van der Waals surface area contributed by atoms with Crippen LogP contribution in [-0.4, -0.2) is 24.3 Å². The molecule has 4 rings (SSSR count). The quantitative estimate of drug-likeness (QED) is 0.587. The number of hydrogen-bond acceptors (Lipinski definition) is 3. The molecule has 1 aromatic heterocycles. The van der Waals surface area contributed by atoms with Gasteiger partial charge in [0.1, 0.15) is 0 Å². The zero-order chi connectivity index (χ0) is 16.5. The van der Waals surface area contributed by atoms with E-state index in [2.05, 4.69) is 89.1 Å². The monoisotopic (exact) mass is 316 g/mol. The van der Waals surface area contributed by atoms with E-state index >= 15 is 0 Å². The van der Waals surface area contributed by atoms with Gasteiger partial charge in [-0.05, 0) is 35.2 Å². The van der Waals surface area contributed by atoms with E-state index in [1.54, 1.807) is 0 Å². The molecule has 2 N–H and O–H groups in total. The van der Waals surface area contributed by atoms with Crippen LogP contribution in [0.3, 0.4) is 0 Å². The normalized spacial score (nSPS) is 11.1. The molecule has 0 unspecified atom stereocenters. The molecular weight excluding hydrogens is 296 g/mol. The number of rotatable bonds is 4. The van der Waals surface area contributed by atoms with Crippen molar-refractivity contribution in [2.45, 2.75) is 6.54 Å². The third-order valence-corrected chi connectivity index (χ3v) is 4.40. The molecule has 0 bridgehead atoms. The van der Waals surface area contributed by atoms with Gasteiger partial charge in [-0.25, -0.2) is 0 Å². The lowest BCUT2D eigenvalue weighted by atomic mass is 10.0. The van der Waals surface area contributed by atoms with Crippen LogP contribution in [0.15, 0.2) is 60.8 Å². The average Bonchev–Trinajstić information content (AvgIpc) is 3.07. The summed E-state index contributed by atoms with van der Waals surface area (Å²) in [7, 11) is 4.17. The Morgan fingerprint density at radius 3 is 2.67 bits per heavy atom. The molecule has 0 amide bonds. The Labute approximate surface area is 141 Å². The molecule has 0 saturated heterocycles. The maximum Gasteiger partial charge on any atom is 0.0651 e. The fourth-order valence-corrected chi connectivity index (χ4v) is 3.14. The van der Waals surface area contributed by atoms with E-state index in [4.69, 9.17) is 0 Å². The van der Waals surface area contributed by atoms with Crippen molar-refractivity contribution in [2.75, 3.05) is 24.3 Å². The summed E-state index contributed by atoms with van der Waals surface area (Å²) >= 11 is 0. The first-order chi connectivity index (χ1) is 11.7. The Kier molecular flexibility index (Phi) is 3.58. The molecule has 4 aromatic rings. The molecule has 0 aliphatic rings. The second-order valence-corrected chi connectivity index (χ2v) is 6.21. The average molecular weight is 316 g/mol. The minimum Gasteiger partial charge on any atom is -0.381 e. The van der Waals surface area contributed by atoms with E-state index < -0.39 is 0 Å². The van der Waals surface area contributed by atoms with Crippen molar-refractivity contribution >= 4 is 33.1 Å². The van der Waals surface area contributed by atoms with E-state index in [0.29, 0.717) is 0 Å². The molecule has 0 saturated carbocycles. The maximum atomic E-state index is 4.07. The van der Waals surface area contributed by atoms with E-state index in [1.807, 2.05) is 6.20 Å². The molecule has 4 nitrogen and oxygen atoms in total. The van der Waals surface area contributed by atoms with Crippen molar-refractivity contribution in [1.82, 2.24) is 10.2 Å². The van der Waals surface area contributed by atoms with E-state index in [9.17, 15) is 0 Å². The number of hydrogen-bond donors (Lipinski definition) is 2. The fraction of sp³-hybridized carbons (Fsp3) is 0.150. The first-order valence-corrected chi connectivity index (χ1v) is 8.07. The summed E-state index contributed by atoms with van der Waals surface area (Å²) in [6, 6.07) is 19.2. The van der Waals surface area contributed by atoms with Crippen LogP contribution in [0.4, 0.5) is 11.4 Å². The SMILES string of the molecule is CN(C)c1ccc(CNc2ccc3[nH]ncc3c2)c2ccccc12. The molecule has 0 aliphatic carbocycles. The molecule has 4 heteroatoms. The van der Waals surface area contributed by atoms with Crippen molar-refractivity contribution in [1.29, 1.82) is 0 Å². The molecule has 24 heavy (non-hydrogen) atoms. The number of H-pyrrole nitrogens is 1. The summed E-state index contributed by atoms with van der Waals surface area (Å²) < 4.78 is 0. The van der Waals surface area contributed by atoms with E-state index in [-0.39, 0.29) is 0 Å². The standard InChI is InChI=1S/C20H20N4/c1-24(2)20-10-7-14(17-5-3-4-6-18(17)20)12-21-16-8-9-19-15(11-16)13-22-23-19/h3-11,13,21H,12H2,1-2H3,(H,22,23). The zero-order valence-corrected chi connectivity index (χ0v) is 13.9. The Bertz CT molecular complexity index is 1000. The lowest BCUT2D eigenvalue weighted by molar-refractivity contribution is 1.12. The van der Waals surface area contributed by atoms with Crippen LogP contribution in [0.25, 0.3) is 21.7 Å². The van der Waals surface area contributed by atoms with Crippen LogP contribution in [0.2, 0.25) is 0 Å². The lowest BCUT2D eigenvalue weighted by Gasteiger charge is -2.18. The molecule has 0 aliphatic heterocycles. The molecule has 1 heterocycles. The summed E-state index contributed by atoms with van der Waals surface area (Å²) in [6.45, 7) is 0.789. The van der Waals surface area contributed by atoms with Gasteiger partial charge < -0.3 is 10.2 Å². The number of aromatic nitrogens is 2. The summed E-state index contributed by atoms with van der Waals surface area (Å²) in [5.74, 6) is 0. The van der Waals surface area contributed by atoms with Crippen molar-refractivity contribution < 1.29 is 0 Å². The van der Waals surface area contributed by atoms with Gasteiger partial charge in [-0.3, -0.25) is 5.10 Å². The van der Waals surface area contributed by atoms with E-state index in [0.717, 1.165) is 23.1 Å². The predicted octanol–water partition coefficient (Wildman–Crippen LogP) is 4.39. The lowest BCUT2D eigenvalue weighted by Crippen LogP contribution is -2.10. The molecular formula is C20H20N4. The highest BCUT2D eigenvalue weighted by Gasteiger charge is 2.07. The Morgan fingerprint density at radius 1 is 1.00 bits per heavy atom. The van der Waals surface area contributed by atoms with Crippen molar-refractivity contribution in [3.05, 3.63) is 66.4 Å². The first-order valence-electron chi connectivity index (χ1n) is 8.07. The van der Waals surface area contributed by atoms with Gasteiger partial charge in [-0.15, -0.1) is 0 Å².